The first-order valence-corrected chi connectivity index (χ1v) is 20.3. The number of aromatic nitrogens is 2. The topological polar surface area (TPSA) is 157 Å². The average molecular weight is 815 g/mol. The minimum Gasteiger partial charge on any atom is -0.506 e. The Labute approximate surface area is 327 Å². The van der Waals surface area contributed by atoms with E-state index in [0.29, 0.717) is 45.4 Å². The number of thiophene rings is 2. The number of hydrogen-bond donors (Lipinski definition) is 5. The first kappa shape index (κ1) is 41.9. The Morgan fingerprint density at radius 3 is 2.38 bits per heavy atom. The fraction of sp³-hybridized carbons (Fsp3) is 0.359. The van der Waals surface area contributed by atoms with Gasteiger partial charge in [0.05, 0.1) is 37.7 Å². The van der Waals surface area contributed by atoms with Crippen LogP contribution in [0.4, 0.5) is 9.41 Å². The first-order chi connectivity index (χ1) is 25.6. The molecule has 294 valence electrons. The van der Waals surface area contributed by atoms with E-state index >= 15 is 0 Å². The van der Waals surface area contributed by atoms with Crippen molar-refractivity contribution in [3.8, 4) is 5.75 Å². The van der Waals surface area contributed by atoms with Crippen LogP contribution in [0.3, 0.4) is 0 Å². The van der Waals surface area contributed by atoms with Crippen LogP contribution in [-0.4, -0.2) is 68.0 Å². The van der Waals surface area contributed by atoms with Gasteiger partial charge in [-0.25, -0.2) is 4.79 Å². The number of carbonyl (C=O) groups is 1. The van der Waals surface area contributed by atoms with Crippen molar-refractivity contribution in [1.29, 1.82) is 0 Å². The van der Waals surface area contributed by atoms with E-state index in [9.17, 15) is 29.7 Å². The number of carboxylic acid groups (broad SMARTS) is 1. The van der Waals surface area contributed by atoms with E-state index in [0.717, 1.165) is 54.4 Å². The number of ether oxygens (including phenoxy) is 1. The molecule has 16 heteroatoms. The number of H-pyrrole nitrogens is 1. The molecule has 6 aromatic rings. The molecule has 0 spiro atoms. The van der Waals surface area contributed by atoms with Crippen molar-refractivity contribution in [2.45, 2.75) is 69.0 Å². The number of halogens is 2. The molecule has 1 saturated carbocycles. The zero-order valence-electron chi connectivity index (χ0n) is 30.0. The number of aliphatic carboxylic acids is 1. The summed E-state index contributed by atoms with van der Waals surface area (Å²) in [6.07, 6.45) is 3.17. The maximum Gasteiger partial charge on any atom is 0.347 e. The Morgan fingerprint density at radius 1 is 1.02 bits per heavy atom. The van der Waals surface area contributed by atoms with Crippen LogP contribution in [0.25, 0.3) is 21.1 Å². The van der Waals surface area contributed by atoms with Gasteiger partial charge in [0.25, 0.3) is 0 Å². The van der Waals surface area contributed by atoms with Crippen molar-refractivity contribution >= 4 is 61.1 Å². The normalized spacial score (nSPS) is 16.6. The van der Waals surface area contributed by atoms with Crippen molar-refractivity contribution in [3.63, 3.8) is 0 Å². The number of aryl methyl sites for hydroxylation is 1. The van der Waals surface area contributed by atoms with Gasteiger partial charge >= 0.3 is 10.8 Å². The summed E-state index contributed by atoms with van der Waals surface area (Å²) in [5.41, 5.74) is 0.974. The SMILES string of the molecule is CN(CCCn1c(=O)sc2cc(CNC[C@H](O)c3ccc(O)c4[nH]c(=O)ccc34)ccc21)[C@H]1CC[C@H](OC(C(=O)O)(c2cccs2)c2cccs2)CC1.F.F. The predicted octanol–water partition coefficient (Wildman–Crippen LogP) is 6.54. The number of hydrogen-bond acceptors (Lipinski definition) is 11. The molecule has 1 aliphatic rings. The lowest BCUT2D eigenvalue weighted by Crippen LogP contribution is -2.44. The number of aromatic hydroxyl groups is 1. The molecule has 0 unspecified atom stereocenters. The molecule has 4 aromatic heterocycles. The number of fused-ring (bicyclic) bond motifs is 2. The number of benzene rings is 2. The molecule has 2 aromatic carbocycles. The van der Waals surface area contributed by atoms with Crippen LogP contribution in [0.5, 0.6) is 5.75 Å². The zero-order valence-corrected chi connectivity index (χ0v) is 32.5. The van der Waals surface area contributed by atoms with E-state index in [-0.39, 0.29) is 38.2 Å². The molecule has 7 rings (SSSR count). The summed E-state index contributed by atoms with van der Waals surface area (Å²) >= 11 is 4.05. The number of rotatable bonds is 15. The summed E-state index contributed by atoms with van der Waals surface area (Å²) < 4.78 is 9.32. The van der Waals surface area contributed by atoms with E-state index in [1.54, 1.807) is 12.1 Å². The predicted molar refractivity (Wildman–Crippen MR) is 215 cm³/mol. The van der Waals surface area contributed by atoms with Gasteiger partial charge < -0.3 is 35.3 Å². The highest BCUT2D eigenvalue weighted by molar-refractivity contribution is 7.16. The number of nitrogens with zero attached hydrogens (tertiary/aromatic N) is 2. The summed E-state index contributed by atoms with van der Waals surface area (Å²) in [5, 5.41) is 39.2. The maximum absolute atomic E-state index is 13.0. The quantitative estimate of drug-likeness (QED) is 0.0777. The summed E-state index contributed by atoms with van der Waals surface area (Å²) in [5.74, 6) is -1.04. The molecule has 0 bridgehead atoms. The summed E-state index contributed by atoms with van der Waals surface area (Å²) in [4.78, 5) is 43.9. The molecule has 1 fully saturated rings. The molecule has 55 heavy (non-hydrogen) atoms. The van der Waals surface area contributed by atoms with Gasteiger partial charge in [-0.1, -0.05) is 35.6 Å². The standard InChI is InChI=1S/C39H42N4O7S3.2FH/c1-42(25-8-10-26(11-9-25)50-39(37(47)48,33-5-2-19-51-33)34-6-3-20-52-34)17-4-18-43-29-14-7-24(21-32(29)53-38(43)49)22-40-23-31(45)27-12-15-30(44)36-28(27)13-16-35(46)41-36;;/h2-3,5-7,12-16,19-21,25-26,31,40,44-45H,4,8-11,17-18,22-23H2,1H3,(H,41,46)(H,47,48);2*1H/t25-,26-,31-;;/m0../s1. The van der Waals surface area contributed by atoms with E-state index in [1.807, 2.05) is 57.8 Å². The highest BCUT2D eigenvalue weighted by Gasteiger charge is 2.48. The van der Waals surface area contributed by atoms with E-state index in [1.165, 1.54) is 46.1 Å². The van der Waals surface area contributed by atoms with Crippen molar-refractivity contribution < 1.29 is 34.3 Å². The van der Waals surface area contributed by atoms with Crippen LogP contribution in [0.2, 0.25) is 0 Å². The van der Waals surface area contributed by atoms with Gasteiger partial charge in [-0.05, 0) is 104 Å². The van der Waals surface area contributed by atoms with Crippen molar-refractivity contribution in [1.82, 2.24) is 19.8 Å². The molecule has 5 N–H and O–H groups in total. The molecule has 1 aliphatic carbocycles. The number of carboxylic acids is 1. The van der Waals surface area contributed by atoms with E-state index in [2.05, 4.69) is 22.2 Å². The largest absolute Gasteiger partial charge is 0.506 e. The fourth-order valence-electron chi connectivity index (χ4n) is 7.42. The highest BCUT2D eigenvalue weighted by Crippen LogP contribution is 2.42. The van der Waals surface area contributed by atoms with Crippen LogP contribution >= 0.6 is 34.0 Å². The van der Waals surface area contributed by atoms with Crippen molar-refractivity contribution in [2.24, 2.45) is 0 Å². The molecule has 1 atom stereocenters. The number of aliphatic hydroxyl groups is 1. The van der Waals surface area contributed by atoms with Gasteiger partial charge in [-0.2, -0.15) is 0 Å². The Balaban J connectivity index is 0.00000290. The lowest BCUT2D eigenvalue weighted by molar-refractivity contribution is -0.170. The van der Waals surface area contributed by atoms with Crippen LogP contribution in [0, 0.1) is 0 Å². The second kappa shape index (κ2) is 18.1. The van der Waals surface area contributed by atoms with E-state index in [4.69, 9.17) is 4.74 Å². The lowest BCUT2D eigenvalue weighted by Gasteiger charge is -2.38. The second-order valence-electron chi connectivity index (χ2n) is 13.6. The minimum absolute atomic E-state index is 0. The third-order valence-corrected chi connectivity index (χ3v) is 13.1. The number of pyridine rings is 1. The molecule has 0 radical (unpaired) electrons. The van der Waals surface area contributed by atoms with Crippen molar-refractivity contribution in [3.05, 3.63) is 118 Å². The maximum atomic E-state index is 13.0. The van der Waals surface area contributed by atoms with Gasteiger partial charge in [0.15, 0.2) is 0 Å². The second-order valence-corrected chi connectivity index (χ2v) is 16.5. The van der Waals surface area contributed by atoms with Gasteiger partial charge in [0.2, 0.25) is 11.2 Å². The number of phenols is 1. The van der Waals surface area contributed by atoms with Gasteiger partial charge in [0.1, 0.15) is 5.75 Å². The number of aliphatic hydroxyl groups excluding tert-OH is 1. The molecule has 0 amide bonds. The number of phenolic OH excluding ortho intramolecular Hbond substituents is 1. The molecular weight excluding hydrogens is 771 g/mol. The Kier molecular flexibility index (Phi) is 13.8. The van der Waals surface area contributed by atoms with Gasteiger partial charge in [-0.15, -0.1) is 22.7 Å². The van der Waals surface area contributed by atoms with Gasteiger partial charge in [-0.3, -0.25) is 23.6 Å². The third kappa shape index (κ3) is 8.75. The smallest absolute Gasteiger partial charge is 0.347 e. The zero-order chi connectivity index (χ0) is 37.1. The van der Waals surface area contributed by atoms with Gasteiger partial charge in [0, 0.05) is 37.1 Å². The minimum atomic E-state index is -1.49. The molecule has 11 nitrogen and oxygen atoms in total. The average Bonchev–Trinajstić information content (AvgIpc) is 3.94. The van der Waals surface area contributed by atoms with Crippen LogP contribution < -0.4 is 15.7 Å². The summed E-state index contributed by atoms with van der Waals surface area (Å²) in [6.45, 7) is 2.19. The Morgan fingerprint density at radius 2 is 1.73 bits per heavy atom. The molecule has 0 saturated heterocycles. The number of nitrogens with one attached hydrogen (secondary N) is 2. The Hall–Kier alpha value is -4.29. The molecular formula is C39H44F2N4O7S3. The first-order valence-electron chi connectivity index (χ1n) is 17.7. The van der Waals surface area contributed by atoms with Crippen LogP contribution in [0.1, 0.15) is 59.1 Å². The van der Waals surface area contributed by atoms with Crippen LogP contribution in [-0.2, 0) is 28.2 Å². The Bertz CT molecular complexity index is 2270. The summed E-state index contributed by atoms with van der Waals surface area (Å²) in [6, 6.07) is 19.9. The highest BCUT2D eigenvalue weighted by atomic mass is 32.1. The lowest BCUT2D eigenvalue weighted by atomic mass is 9.90. The van der Waals surface area contributed by atoms with Crippen molar-refractivity contribution in [2.75, 3.05) is 20.1 Å². The number of aromatic amines is 1. The van der Waals surface area contributed by atoms with E-state index < -0.39 is 17.7 Å². The van der Waals surface area contributed by atoms with Crippen LogP contribution in [0.15, 0.2) is 87.1 Å². The fourth-order valence-corrected chi connectivity index (χ4v) is 10.2. The summed E-state index contributed by atoms with van der Waals surface area (Å²) in [7, 11) is 2.13. The number of thiazole rings is 1. The monoisotopic (exact) mass is 814 g/mol. The third-order valence-electron chi connectivity index (χ3n) is 10.2. The molecule has 0 aliphatic heterocycles. The molecule has 4 heterocycles.